The van der Waals surface area contributed by atoms with Gasteiger partial charge in [-0.1, -0.05) is 0 Å². The number of ether oxygens (including phenoxy) is 1. The van der Waals surface area contributed by atoms with E-state index in [1.807, 2.05) is 0 Å². The first kappa shape index (κ1) is 12.8. The molecule has 0 unspecified atom stereocenters. The minimum Gasteiger partial charge on any atom is -0.493 e. The summed E-state index contributed by atoms with van der Waals surface area (Å²) in [5, 5.41) is 0. The van der Waals surface area contributed by atoms with Crippen molar-refractivity contribution in [1.82, 2.24) is 0 Å². The van der Waals surface area contributed by atoms with E-state index in [1.165, 1.54) is 7.11 Å². The number of hydrogen-bond donors (Lipinski definition) is 1. The van der Waals surface area contributed by atoms with Crippen LogP contribution in [0.3, 0.4) is 0 Å². The first-order valence-electron chi connectivity index (χ1n) is 5.02. The first-order chi connectivity index (χ1) is 7.61. The van der Waals surface area contributed by atoms with Crippen LogP contribution in [0.25, 0.3) is 0 Å². The molecule has 0 amide bonds. The van der Waals surface area contributed by atoms with Crippen LogP contribution in [0.1, 0.15) is 18.4 Å². The fraction of sp³-hybridized carbons (Fsp3) is 0.455. The third-order valence-electron chi connectivity index (χ3n) is 2.30. The van der Waals surface area contributed by atoms with Crippen molar-refractivity contribution in [2.45, 2.75) is 19.3 Å². The number of rotatable bonds is 5. The van der Waals surface area contributed by atoms with Gasteiger partial charge in [0.25, 0.3) is 0 Å². The molecular weight excluding hydrogens is 219 g/mol. The fourth-order valence-electron chi connectivity index (χ4n) is 1.49. The number of methoxy groups -OCH3 is 1. The zero-order valence-corrected chi connectivity index (χ0v) is 9.03. The zero-order chi connectivity index (χ0) is 12.1. The lowest BCUT2D eigenvalue weighted by Crippen LogP contribution is -2.03. The molecule has 1 rings (SSSR count). The van der Waals surface area contributed by atoms with Gasteiger partial charge in [-0.3, -0.25) is 0 Å². The maximum atomic E-state index is 13.3. The second-order valence-electron chi connectivity index (χ2n) is 3.42. The lowest BCUT2D eigenvalue weighted by molar-refractivity contribution is 0.355. The summed E-state index contributed by atoms with van der Waals surface area (Å²) in [7, 11) is 1.22. The number of unbranched alkanes of at least 4 members (excludes halogenated alkanes) is 1. The summed E-state index contributed by atoms with van der Waals surface area (Å²) < 4.78 is 43.9. The summed E-state index contributed by atoms with van der Waals surface area (Å²) in [6.45, 7) is 0.508. The molecule has 0 saturated heterocycles. The summed E-state index contributed by atoms with van der Waals surface area (Å²) in [4.78, 5) is 0. The van der Waals surface area contributed by atoms with Gasteiger partial charge in [-0.25, -0.2) is 8.78 Å². The highest BCUT2D eigenvalue weighted by atomic mass is 19.2. The second kappa shape index (κ2) is 5.75. The van der Waals surface area contributed by atoms with Crippen LogP contribution in [0.15, 0.2) is 6.07 Å². The van der Waals surface area contributed by atoms with Crippen molar-refractivity contribution in [3.8, 4) is 5.75 Å². The molecule has 5 heteroatoms. The molecule has 90 valence electrons. The van der Waals surface area contributed by atoms with E-state index in [2.05, 4.69) is 0 Å². The van der Waals surface area contributed by atoms with Crippen LogP contribution in [0.2, 0.25) is 0 Å². The van der Waals surface area contributed by atoms with E-state index < -0.39 is 17.5 Å². The summed E-state index contributed by atoms with van der Waals surface area (Å²) in [5.74, 6) is -4.19. The van der Waals surface area contributed by atoms with E-state index in [0.29, 0.717) is 24.9 Å². The molecule has 16 heavy (non-hydrogen) atoms. The Bertz CT molecular complexity index is 369. The normalized spacial score (nSPS) is 10.6. The molecule has 0 fully saturated rings. The van der Waals surface area contributed by atoms with E-state index >= 15 is 0 Å². The lowest BCUT2D eigenvalue weighted by atomic mass is 10.1. The molecule has 0 saturated carbocycles. The van der Waals surface area contributed by atoms with Crippen LogP contribution in [0, 0.1) is 17.5 Å². The molecule has 1 aromatic carbocycles. The largest absolute Gasteiger partial charge is 0.493 e. The smallest absolute Gasteiger partial charge is 0.203 e. The van der Waals surface area contributed by atoms with Gasteiger partial charge in [-0.05, 0) is 31.9 Å². The second-order valence-corrected chi connectivity index (χ2v) is 3.42. The summed E-state index contributed by atoms with van der Waals surface area (Å²) >= 11 is 0. The third-order valence-corrected chi connectivity index (χ3v) is 2.30. The SMILES string of the molecule is COc1c(CCCCN)cc(F)c(F)c1F. The maximum Gasteiger partial charge on any atom is 0.203 e. The Balaban J connectivity index is 2.98. The summed E-state index contributed by atoms with van der Waals surface area (Å²) in [5.41, 5.74) is 5.63. The molecule has 0 spiro atoms. The average Bonchev–Trinajstić information content (AvgIpc) is 2.27. The van der Waals surface area contributed by atoms with Gasteiger partial charge in [-0.15, -0.1) is 0 Å². The average molecular weight is 233 g/mol. The van der Waals surface area contributed by atoms with Crippen molar-refractivity contribution in [3.05, 3.63) is 29.1 Å². The topological polar surface area (TPSA) is 35.2 Å². The molecule has 2 N–H and O–H groups in total. The molecule has 1 aromatic rings. The van der Waals surface area contributed by atoms with Crippen molar-refractivity contribution in [2.24, 2.45) is 5.73 Å². The minimum atomic E-state index is -1.50. The van der Waals surface area contributed by atoms with Gasteiger partial charge in [0.1, 0.15) is 0 Å². The Morgan fingerprint density at radius 3 is 2.44 bits per heavy atom. The monoisotopic (exact) mass is 233 g/mol. The number of hydrogen-bond acceptors (Lipinski definition) is 2. The van der Waals surface area contributed by atoms with E-state index in [4.69, 9.17) is 10.5 Å². The van der Waals surface area contributed by atoms with Crippen LogP contribution >= 0.6 is 0 Å². The van der Waals surface area contributed by atoms with Gasteiger partial charge in [0.05, 0.1) is 7.11 Å². The lowest BCUT2D eigenvalue weighted by Gasteiger charge is -2.10. The molecule has 0 aliphatic heterocycles. The number of halogens is 3. The predicted molar refractivity (Wildman–Crippen MR) is 54.9 cm³/mol. The van der Waals surface area contributed by atoms with Gasteiger partial charge in [0, 0.05) is 5.56 Å². The van der Waals surface area contributed by atoms with Crippen molar-refractivity contribution in [1.29, 1.82) is 0 Å². The minimum absolute atomic E-state index is 0.226. The molecule has 0 aliphatic rings. The van der Waals surface area contributed by atoms with E-state index in [-0.39, 0.29) is 5.75 Å². The van der Waals surface area contributed by atoms with Crippen molar-refractivity contribution < 1.29 is 17.9 Å². The van der Waals surface area contributed by atoms with Crippen LogP contribution in [-0.2, 0) is 6.42 Å². The highest BCUT2D eigenvalue weighted by molar-refractivity contribution is 5.36. The Kier molecular flexibility index (Phi) is 4.61. The first-order valence-corrected chi connectivity index (χ1v) is 5.02. The Labute approximate surface area is 92.2 Å². The Hall–Kier alpha value is -1.23. The van der Waals surface area contributed by atoms with Crippen LogP contribution < -0.4 is 10.5 Å². The van der Waals surface area contributed by atoms with Crippen LogP contribution in [-0.4, -0.2) is 13.7 Å². The van der Waals surface area contributed by atoms with Gasteiger partial charge < -0.3 is 10.5 Å². The Morgan fingerprint density at radius 1 is 1.19 bits per heavy atom. The predicted octanol–water partition coefficient (Wildman–Crippen LogP) is 2.39. The highest BCUT2D eigenvalue weighted by Crippen LogP contribution is 2.28. The summed E-state index contributed by atoms with van der Waals surface area (Å²) in [6.07, 6.45) is 1.83. The highest BCUT2D eigenvalue weighted by Gasteiger charge is 2.18. The van der Waals surface area contributed by atoms with E-state index in [0.717, 1.165) is 12.5 Å². The van der Waals surface area contributed by atoms with E-state index in [9.17, 15) is 13.2 Å². The molecule has 0 bridgehead atoms. The van der Waals surface area contributed by atoms with Crippen molar-refractivity contribution in [2.75, 3.05) is 13.7 Å². The number of benzene rings is 1. The quantitative estimate of drug-likeness (QED) is 0.626. The number of nitrogens with two attached hydrogens (primary N) is 1. The molecule has 0 aromatic heterocycles. The van der Waals surface area contributed by atoms with Crippen molar-refractivity contribution in [3.63, 3.8) is 0 Å². The van der Waals surface area contributed by atoms with Gasteiger partial charge >= 0.3 is 0 Å². The standard InChI is InChI=1S/C11H14F3NO/c1-16-11-7(4-2-3-5-15)6-8(12)9(13)10(11)14/h6H,2-5,15H2,1H3. The van der Waals surface area contributed by atoms with Crippen LogP contribution in [0.4, 0.5) is 13.2 Å². The molecule has 0 heterocycles. The summed E-state index contributed by atoms with van der Waals surface area (Å²) in [6, 6.07) is 0.966. The fourth-order valence-corrected chi connectivity index (χ4v) is 1.49. The van der Waals surface area contributed by atoms with Gasteiger partial charge in [0.2, 0.25) is 5.82 Å². The molecular formula is C11H14F3NO. The van der Waals surface area contributed by atoms with Gasteiger partial charge in [-0.2, -0.15) is 4.39 Å². The molecule has 2 nitrogen and oxygen atoms in total. The van der Waals surface area contributed by atoms with Crippen molar-refractivity contribution >= 4 is 0 Å². The molecule has 0 aliphatic carbocycles. The number of aryl methyl sites for hydroxylation is 1. The third kappa shape index (κ3) is 2.66. The molecule has 0 radical (unpaired) electrons. The van der Waals surface area contributed by atoms with Gasteiger partial charge in [0.15, 0.2) is 17.4 Å². The zero-order valence-electron chi connectivity index (χ0n) is 9.03. The Morgan fingerprint density at radius 2 is 1.88 bits per heavy atom. The van der Waals surface area contributed by atoms with E-state index in [1.54, 1.807) is 0 Å². The molecule has 0 atom stereocenters. The maximum absolute atomic E-state index is 13.3. The van der Waals surface area contributed by atoms with Crippen LogP contribution in [0.5, 0.6) is 5.75 Å².